The van der Waals surface area contributed by atoms with Gasteiger partial charge in [-0.3, -0.25) is 0 Å². The third-order valence-electron chi connectivity index (χ3n) is 10.0. The number of ether oxygens (including phenoxy) is 1. The number of aryl methyl sites for hydroxylation is 4. The van der Waals surface area contributed by atoms with Gasteiger partial charge in [0.1, 0.15) is 0 Å². The molecule has 0 unspecified atom stereocenters. The Labute approximate surface area is 292 Å². The number of nitrogens with one attached hydrogen (secondary N) is 2. The topological polar surface area (TPSA) is 83.7 Å². The maximum atomic E-state index is 12.1. The van der Waals surface area contributed by atoms with Crippen LogP contribution < -0.4 is 0 Å². The molecule has 0 saturated heterocycles. The Morgan fingerprint density at radius 2 is 0.980 bits per heavy atom. The minimum atomic E-state index is -0.351. The van der Waals surface area contributed by atoms with Crippen molar-refractivity contribution in [2.24, 2.45) is 0 Å². The number of rotatable bonds is 12. The summed E-state index contributed by atoms with van der Waals surface area (Å²) >= 11 is 0. The van der Waals surface area contributed by atoms with Gasteiger partial charge in [-0.1, -0.05) is 73.6 Å². The van der Waals surface area contributed by atoms with E-state index in [4.69, 9.17) is 14.7 Å². The number of nitrogens with zero attached hydrogens (tertiary/aromatic N) is 2. The van der Waals surface area contributed by atoms with Gasteiger partial charge in [0.25, 0.3) is 0 Å². The summed E-state index contributed by atoms with van der Waals surface area (Å²) in [6.07, 6.45) is 14.5. The second kappa shape index (κ2) is 15.8. The fraction of sp³-hybridized carbons (Fsp3) is 0.419. The van der Waals surface area contributed by atoms with Crippen molar-refractivity contribution in [3.8, 4) is 0 Å². The molecular formula is C43H54N4O2. The lowest BCUT2D eigenvalue weighted by atomic mass is 9.93. The Kier molecular flexibility index (Phi) is 11.6. The Morgan fingerprint density at radius 3 is 1.35 bits per heavy atom. The van der Waals surface area contributed by atoms with Crippen molar-refractivity contribution in [2.45, 2.75) is 114 Å². The highest BCUT2D eigenvalue weighted by Crippen LogP contribution is 2.42. The van der Waals surface area contributed by atoms with Gasteiger partial charge in [-0.05, 0) is 121 Å². The fourth-order valence-electron chi connectivity index (χ4n) is 7.86. The zero-order valence-corrected chi connectivity index (χ0v) is 31.1. The molecule has 5 heterocycles. The molecule has 5 rings (SSSR count). The van der Waals surface area contributed by atoms with Crippen LogP contribution in [0, 0.1) is 0 Å². The number of H-pyrrole nitrogens is 2. The Morgan fingerprint density at radius 1 is 0.571 bits per heavy atom. The van der Waals surface area contributed by atoms with E-state index in [0.29, 0.717) is 6.61 Å². The number of aromatic amines is 2. The molecule has 2 aliphatic rings. The molecule has 0 fully saturated rings. The monoisotopic (exact) mass is 658 g/mol. The molecule has 0 saturated carbocycles. The number of fused-ring (bicyclic) bond motifs is 8. The van der Waals surface area contributed by atoms with E-state index in [1.165, 1.54) is 61.7 Å². The molecule has 258 valence electrons. The van der Waals surface area contributed by atoms with Crippen LogP contribution in [0.3, 0.4) is 0 Å². The molecule has 6 nitrogen and oxygen atoms in total. The molecule has 2 aliphatic heterocycles. The zero-order valence-electron chi connectivity index (χ0n) is 31.1. The first-order valence-corrected chi connectivity index (χ1v) is 18.6. The largest absolute Gasteiger partial charge is 0.463 e. The van der Waals surface area contributed by atoms with E-state index >= 15 is 0 Å². The van der Waals surface area contributed by atoms with Gasteiger partial charge in [-0.15, -0.1) is 0 Å². The first-order valence-electron chi connectivity index (χ1n) is 18.6. The summed E-state index contributed by atoms with van der Waals surface area (Å²) in [6.45, 7) is 20.1. The molecule has 3 aromatic heterocycles. The summed E-state index contributed by atoms with van der Waals surface area (Å²) in [6, 6.07) is 6.89. The third kappa shape index (κ3) is 6.75. The van der Waals surface area contributed by atoms with E-state index in [0.717, 1.165) is 90.7 Å². The van der Waals surface area contributed by atoms with E-state index in [1.54, 1.807) is 6.08 Å². The van der Waals surface area contributed by atoms with Gasteiger partial charge >= 0.3 is 5.97 Å². The van der Waals surface area contributed by atoms with Crippen molar-refractivity contribution < 1.29 is 9.53 Å². The minimum Gasteiger partial charge on any atom is -0.463 e. The first-order chi connectivity index (χ1) is 23.8. The van der Waals surface area contributed by atoms with Crippen LogP contribution in [0.4, 0.5) is 0 Å². The average Bonchev–Trinajstić information content (AvgIpc) is 3.83. The SMILES string of the molecule is CCOC(=O)/C=C/C=C/c1c2nc(cc3[nH]c(cc4[nH]c(cc5nc1C(CC)=C5CC)c(CC)c4CC)c(CC)c3CC)C(CC)=C2CC. The highest BCUT2D eigenvalue weighted by Gasteiger charge is 2.26. The van der Waals surface area contributed by atoms with Gasteiger partial charge in [0.2, 0.25) is 0 Å². The highest BCUT2D eigenvalue weighted by molar-refractivity contribution is 6.00. The van der Waals surface area contributed by atoms with Gasteiger partial charge in [0.05, 0.1) is 29.4 Å². The Hall–Kier alpha value is -4.45. The maximum absolute atomic E-state index is 12.1. The van der Waals surface area contributed by atoms with Crippen LogP contribution in [-0.2, 0) is 35.2 Å². The van der Waals surface area contributed by atoms with E-state index in [-0.39, 0.29) is 5.97 Å². The van der Waals surface area contributed by atoms with Crippen molar-refractivity contribution in [2.75, 3.05) is 6.61 Å². The lowest BCUT2D eigenvalue weighted by Crippen LogP contribution is -1.98. The molecule has 8 bridgehead atoms. The number of allylic oxidation sites excluding steroid dienone is 6. The first kappa shape index (κ1) is 35.8. The van der Waals surface area contributed by atoms with Crippen LogP contribution in [0.15, 0.2) is 36.4 Å². The van der Waals surface area contributed by atoms with E-state index < -0.39 is 0 Å². The molecule has 2 N–H and O–H groups in total. The van der Waals surface area contributed by atoms with Crippen LogP contribution in [-0.4, -0.2) is 32.5 Å². The van der Waals surface area contributed by atoms with Gasteiger partial charge in [0.15, 0.2) is 0 Å². The van der Waals surface area contributed by atoms with Crippen molar-refractivity contribution in [3.63, 3.8) is 0 Å². The van der Waals surface area contributed by atoms with Crippen molar-refractivity contribution in [1.29, 1.82) is 0 Å². The molecule has 3 aromatic rings. The Balaban J connectivity index is 2.04. The molecule has 6 heteroatoms. The van der Waals surface area contributed by atoms with Crippen molar-refractivity contribution >= 4 is 56.4 Å². The highest BCUT2D eigenvalue weighted by atomic mass is 16.5. The predicted molar refractivity (Wildman–Crippen MR) is 208 cm³/mol. The summed E-state index contributed by atoms with van der Waals surface area (Å²) in [5.41, 5.74) is 20.0. The third-order valence-corrected chi connectivity index (χ3v) is 10.0. The summed E-state index contributed by atoms with van der Waals surface area (Å²) < 4.78 is 5.13. The van der Waals surface area contributed by atoms with Gasteiger partial charge < -0.3 is 14.7 Å². The molecular weight excluding hydrogens is 604 g/mol. The normalized spacial score (nSPS) is 13.5. The molecule has 0 atom stereocenters. The zero-order chi connectivity index (χ0) is 35.2. The summed E-state index contributed by atoms with van der Waals surface area (Å²) in [4.78, 5) is 30.8. The second-order valence-electron chi connectivity index (χ2n) is 12.6. The van der Waals surface area contributed by atoms with Crippen molar-refractivity contribution in [1.82, 2.24) is 19.9 Å². The fourth-order valence-corrected chi connectivity index (χ4v) is 7.86. The lowest BCUT2D eigenvalue weighted by Gasteiger charge is -2.09. The number of esters is 1. The number of carbonyl (C=O) groups is 1. The average molecular weight is 659 g/mol. The minimum absolute atomic E-state index is 0.346. The van der Waals surface area contributed by atoms with Crippen LogP contribution in [0.1, 0.15) is 139 Å². The van der Waals surface area contributed by atoms with E-state index in [9.17, 15) is 4.79 Å². The van der Waals surface area contributed by atoms with Gasteiger partial charge in [-0.25, -0.2) is 14.8 Å². The summed E-state index contributed by atoms with van der Waals surface area (Å²) in [5.74, 6) is -0.351. The lowest BCUT2D eigenvalue weighted by molar-refractivity contribution is -0.137. The smallest absolute Gasteiger partial charge is 0.330 e. The number of carbonyl (C=O) groups excluding carboxylic acids is 1. The van der Waals surface area contributed by atoms with Crippen LogP contribution in [0.2, 0.25) is 0 Å². The second-order valence-corrected chi connectivity index (χ2v) is 12.6. The number of hydrogen-bond acceptors (Lipinski definition) is 4. The molecule has 49 heavy (non-hydrogen) atoms. The summed E-state index contributed by atoms with van der Waals surface area (Å²) in [5, 5.41) is 0. The molecule has 0 aliphatic carbocycles. The molecule has 0 radical (unpaired) electrons. The standard InChI is InChI=1S/C43H54N4O2/c1-10-26-28(12-3)37-24-39-30(14-5)32(16-7)42(46-39)34(21-19-20-22-41(48)49-18-9)43-33(17-8)31(15-6)40(47-43)25-38-29(13-4)27(11-2)36(45-38)23-35(26)44-37/h19-25,44-45H,10-18H2,1-9H3/b21-19+,22-20+,35-23?,36-23?,37-24?,38-25?,39-24?,40-25?,42-34?,43-34?. The van der Waals surface area contributed by atoms with E-state index in [2.05, 4.69) is 89.6 Å². The predicted octanol–water partition coefficient (Wildman–Crippen LogP) is 11.2. The quantitative estimate of drug-likeness (QED) is 0.115. The number of hydrogen-bond donors (Lipinski definition) is 2. The Bertz CT molecular complexity index is 1910. The van der Waals surface area contributed by atoms with Crippen LogP contribution in [0.5, 0.6) is 0 Å². The van der Waals surface area contributed by atoms with Gasteiger partial charge in [0, 0.05) is 33.7 Å². The molecule has 0 aromatic carbocycles. The van der Waals surface area contributed by atoms with Crippen molar-refractivity contribution in [3.05, 3.63) is 87.0 Å². The van der Waals surface area contributed by atoms with Crippen LogP contribution >= 0.6 is 0 Å². The van der Waals surface area contributed by atoms with Crippen LogP contribution in [0.25, 0.3) is 50.4 Å². The van der Waals surface area contributed by atoms with E-state index in [1.807, 2.05) is 13.0 Å². The van der Waals surface area contributed by atoms with Gasteiger partial charge in [-0.2, -0.15) is 0 Å². The summed E-state index contributed by atoms with van der Waals surface area (Å²) in [7, 11) is 0. The molecule has 0 amide bonds. The number of aromatic nitrogens is 4. The molecule has 0 spiro atoms. The maximum Gasteiger partial charge on any atom is 0.330 e.